The number of hydrogen-bond acceptors (Lipinski definition) is 4. The number of pyridine rings is 1. The summed E-state index contributed by atoms with van der Waals surface area (Å²) in [7, 11) is -1.89. The number of hydrogen-bond donors (Lipinski definition) is 2. The van der Waals surface area contributed by atoms with E-state index in [4.69, 9.17) is 5.73 Å². The van der Waals surface area contributed by atoms with Crippen molar-refractivity contribution in [2.75, 3.05) is 13.6 Å². The number of H-pyrrole nitrogens is 1. The maximum Gasteiger partial charge on any atom is 0.245 e. The van der Waals surface area contributed by atoms with Gasteiger partial charge in [-0.25, -0.2) is 13.4 Å². The molecule has 2 aromatic rings. The molecule has 2 atom stereocenters. The molecule has 7 heteroatoms. The van der Waals surface area contributed by atoms with Crippen molar-refractivity contribution < 1.29 is 8.42 Å². The highest BCUT2D eigenvalue weighted by Gasteiger charge is 2.36. The number of aromatic nitrogens is 2. The van der Waals surface area contributed by atoms with E-state index in [1.54, 1.807) is 25.4 Å². The van der Waals surface area contributed by atoms with Gasteiger partial charge in [0.15, 0.2) is 0 Å². The summed E-state index contributed by atoms with van der Waals surface area (Å²) < 4.78 is 27.3. The number of nitrogens with zero attached hydrogens (tertiary/aromatic N) is 2. The topological polar surface area (TPSA) is 92.1 Å². The third kappa shape index (κ3) is 2.35. The Balaban J connectivity index is 2.00. The molecule has 3 rings (SSSR count). The zero-order chi connectivity index (χ0) is 15.0. The van der Waals surface area contributed by atoms with Gasteiger partial charge in [-0.2, -0.15) is 4.31 Å². The third-order valence-corrected chi connectivity index (χ3v) is 6.38. The van der Waals surface area contributed by atoms with Crippen LogP contribution in [0.15, 0.2) is 29.4 Å². The first-order valence-corrected chi connectivity index (χ1v) is 8.60. The molecule has 6 nitrogen and oxygen atoms in total. The smallest absolute Gasteiger partial charge is 0.245 e. The molecular weight excluding hydrogens is 288 g/mol. The summed E-state index contributed by atoms with van der Waals surface area (Å²) in [4.78, 5) is 7.36. The first-order chi connectivity index (χ1) is 10.1. The Morgan fingerprint density at radius 3 is 3.05 bits per heavy atom. The molecule has 0 aromatic carbocycles. The lowest BCUT2D eigenvalue weighted by Crippen LogP contribution is -2.41. The molecule has 2 heterocycles. The van der Waals surface area contributed by atoms with Gasteiger partial charge >= 0.3 is 0 Å². The predicted octanol–water partition coefficient (Wildman–Crippen LogP) is 1.31. The Hall–Kier alpha value is -1.44. The average molecular weight is 308 g/mol. The van der Waals surface area contributed by atoms with Gasteiger partial charge in [0.25, 0.3) is 0 Å². The van der Waals surface area contributed by atoms with Crippen LogP contribution in [-0.4, -0.2) is 42.3 Å². The molecule has 0 spiro atoms. The van der Waals surface area contributed by atoms with E-state index >= 15 is 0 Å². The standard InChI is InChI=1S/C14H20N4O2S/c1-18(12-6-2-4-10(12)8-15)21(19,20)13-9-17-14-11(13)5-3-7-16-14/h3,5,7,9-10,12H,2,4,6,8,15H2,1H3,(H,16,17). The average Bonchev–Trinajstić information content (AvgIpc) is 3.12. The maximum atomic E-state index is 12.9. The van der Waals surface area contributed by atoms with Gasteiger partial charge in [0.1, 0.15) is 10.5 Å². The van der Waals surface area contributed by atoms with E-state index in [-0.39, 0.29) is 16.9 Å². The van der Waals surface area contributed by atoms with Crippen LogP contribution in [0.25, 0.3) is 11.0 Å². The summed E-state index contributed by atoms with van der Waals surface area (Å²) >= 11 is 0. The highest BCUT2D eigenvalue weighted by Crippen LogP contribution is 2.33. The fraction of sp³-hybridized carbons (Fsp3) is 0.500. The lowest BCUT2D eigenvalue weighted by molar-refractivity contribution is 0.304. The fourth-order valence-electron chi connectivity index (χ4n) is 3.25. The van der Waals surface area contributed by atoms with Gasteiger partial charge in [-0.05, 0) is 37.4 Å². The van der Waals surface area contributed by atoms with Crippen LogP contribution < -0.4 is 5.73 Å². The first-order valence-electron chi connectivity index (χ1n) is 7.16. The van der Waals surface area contributed by atoms with Crippen molar-refractivity contribution in [3.05, 3.63) is 24.5 Å². The molecule has 0 aliphatic heterocycles. The minimum Gasteiger partial charge on any atom is -0.345 e. The van der Waals surface area contributed by atoms with E-state index < -0.39 is 10.0 Å². The SMILES string of the molecule is CN(C1CCCC1CN)S(=O)(=O)c1c[nH]c2ncccc12. The highest BCUT2D eigenvalue weighted by atomic mass is 32.2. The van der Waals surface area contributed by atoms with Gasteiger partial charge in [0.05, 0.1) is 0 Å². The lowest BCUT2D eigenvalue weighted by atomic mass is 10.0. The van der Waals surface area contributed by atoms with Crippen LogP contribution >= 0.6 is 0 Å². The molecule has 2 aromatic heterocycles. The molecule has 3 N–H and O–H groups in total. The first kappa shape index (κ1) is 14.5. The van der Waals surface area contributed by atoms with Gasteiger partial charge in [0, 0.05) is 30.9 Å². The molecule has 114 valence electrons. The number of aromatic amines is 1. The minimum atomic E-state index is -3.54. The van der Waals surface area contributed by atoms with Gasteiger partial charge in [-0.1, -0.05) is 6.42 Å². The molecule has 1 aliphatic rings. The molecule has 0 saturated heterocycles. The van der Waals surface area contributed by atoms with E-state index in [2.05, 4.69) is 9.97 Å². The summed E-state index contributed by atoms with van der Waals surface area (Å²) in [6, 6.07) is 3.50. The normalized spacial score (nSPS) is 23.2. The Labute approximate surface area is 124 Å². The monoisotopic (exact) mass is 308 g/mol. The quantitative estimate of drug-likeness (QED) is 0.890. The second-order valence-corrected chi connectivity index (χ2v) is 7.53. The van der Waals surface area contributed by atoms with Crippen molar-refractivity contribution in [1.82, 2.24) is 14.3 Å². The van der Waals surface area contributed by atoms with Crippen molar-refractivity contribution in [1.29, 1.82) is 0 Å². The van der Waals surface area contributed by atoms with Crippen LogP contribution in [0, 0.1) is 5.92 Å². The summed E-state index contributed by atoms with van der Waals surface area (Å²) in [5.74, 6) is 0.244. The lowest BCUT2D eigenvalue weighted by Gasteiger charge is -2.28. The molecule has 1 fully saturated rings. The molecule has 0 bridgehead atoms. The third-order valence-electron chi connectivity index (χ3n) is 4.46. The Kier molecular flexibility index (Phi) is 3.73. The van der Waals surface area contributed by atoms with Crippen LogP contribution in [0.2, 0.25) is 0 Å². The maximum absolute atomic E-state index is 12.9. The summed E-state index contributed by atoms with van der Waals surface area (Å²) in [6.45, 7) is 0.528. The van der Waals surface area contributed by atoms with Crippen molar-refractivity contribution in [3.63, 3.8) is 0 Å². The summed E-state index contributed by atoms with van der Waals surface area (Å²) in [6.07, 6.45) is 6.06. The summed E-state index contributed by atoms with van der Waals surface area (Å²) in [5.41, 5.74) is 6.37. The Bertz CT molecular complexity index is 740. The molecule has 21 heavy (non-hydrogen) atoms. The van der Waals surface area contributed by atoms with E-state index in [1.165, 1.54) is 10.5 Å². The molecule has 0 radical (unpaired) electrons. The van der Waals surface area contributed by atoms with E-state index in [0.29, 0.717) is 17.6 Å². The molecule has 1 saturated carbocycles. The number of rotatable bonds is 4. The van der Waals surface area contributed by atoms with Crippen LogP contribution in [0.1, 0.15) is 19.3 Å². The number of fused-ring (bicyclic) bond motifs is 1. The van der Waals surface area contributed by atoms with Crippen LogP contribution in [0.3, 0.4) is 0 Å². The van der Waals surface area contributed by atoms with Crippen LogP contribution in [-0.2, 0) is 10.0 Å². The van der Waals surface area contributed by atoms with Crippen molar-refractivity contribution in [2.24, 2.45) is 11.7 Å². The second kappa shape index (κ2) is 5.40. The number of nitrogens with two attached hydrogens (primary N) is 1. The number of nitrogens with one attached hydrogen (secondary N) is 1. The molecule has 2 unspecified atom stereocenters. The number of sulfonamides is 1. The Morgan fingerprint density at radius 2 is 2.29 bits per heavy atom. The largest absolute Gasteiger partial charge is 0.345 e. The van der Waals surface area contributed by atoms with Gasteiger partial charge < -0.3 is 10.7 Å². The van der Waals surface area contributed by atoms with Crippen molar-refractivity contribution in [2.45, 2.75) is 30.2 Å². The van der Waals surface area contributed by atoms with Gasteiger partial charge in [0.2, 0.25) is 10.0 Å². The molecule has 1 aliphatic carbocycles. The zero-order valence-corrected chi connectivity index (χ0v) is 12.8. The van der Waals surface area contributed by atoms with Gasteiger partial charge in [-0.3, -0.25) is 0 Å². The summed E-state index contributed by atoms with van der Waals surface area (Å²) in [5, 5.41) is 0.631. The van der Waals surface area contributed by atoms with Gasteiger partial charge in [-0.15, -0.1) is 0 Å². The Morgan fingerprint density at radius 1 is 1.48 bits per heavy atom. The predicted molar refractivity (Wildman–Crippen MR) is 81.2 cm³/mol. The second-order valence-electron chi connectivity index (χ2n) is 5.57. The molecular formula is C14H20N4O2S. The molecule has 0 amide bonds. The van der Waals surface area contributed by atoms with Crippen LogP contribution in [0.5, 0.6) is 0 Å². The highest BCUT2D eigenvalue weighted by molar-refractivity contribution is 7.89. The van der Waals surface area contributed by atoms with E-state index in [9.17, 15) is 8.42 Å². The van der Waals surface area contributed by atoms with Crippen molar-refractivity contribution >= 4 is 21.1 Å². The minimum absolute atomic E-state index is 0.0124. The van der Waals surface area contributed by atoms with Crippen molar-refractivity contribution in [3.8, 4) is 0 Å². The van der Waals surface area contributed by atoms with Crippen LogP contribution in [0.4, 0.5) is 0 Å². The fourth-order valence-corrected chi connectivity index (χ4v) is 4.84. The zero-order valence-electron chi connectivity index (χ0n) is 12.0. The van der Waals surface area contributed by atoms with E-state index in [1.807, 2.05) is 0 Å². The van der Waals surface area contributed by atoms with E-state index in [0.717, 1.165) is 19.3 Å².